The largest absolute Gasteiger partial charge is 0.385 e. The van der Waals surface area contributed by atoms with E-state index in [0.29, 0.717) is 0 Å². The molecule has 0 aromatic heterocycles. The highest BCUT2D eigenvalue weighted by molar-refractivity contribution is 4.66. The monoisotopic (exact) mass is 157 g/mol. The van der Waals surface area contributed by atoms with Crippen LogP contribution in [0.25, 0.3) is 0 Å². The minimum absolute atomic E-state index is 0.859. The molecule has 2 nitrogen and oxygen atoms in total. The van der Waals surface area contributed by atoms with Crippen molar-refractivity contribution in [2.45, 2.75) is 25.7 Å². The van der Waals surface area contributed by atoms with Gasteiger partial charge in [-0.1, -0.05) is 6.42 Å². The molecule has 0 saturated carbocycles. The molecule has 1 heterocycles. The number of rotatable bonds is 3. The molecule has 2 heteroatoms. The van der Waals surface area contributed by atoms with Gasteiger partial charge in [-0.3, -0.25) is 0 Å². The fourth-order valence-electron chi connectivity index (χ4n) is 1.62. The van der Waals surface area contributed by atoms with E-state index >= 15 is 0 Å². The van der Waals surface area contributed by atoms with Crippen molar-refractivity contribution in [2.75, 3.05) is 26.8 Å². The second-order valence-corrected chi connectivity index (χ2v) is 3.35. The zero-order valence-corrected chi connectivity index (χ0v) is 7.44. The molecule has 1 N–H and O–H groups in total. The molecule has 1 atom stereocenters. The molecule has 0 radical (unpaired) electrons. The summed E-state index contributed by atoms with van der Waals surface area (Å²) in [6.45, 7) is 3.33. The maximum Gasteiger partial charge on any atom is 0.0465 e. The topological polar surface area (TPSA) is 21.3 Å². The molecular formula is C9H19NO. The van der Waals surface area contributed by atoms with Crippen molar-refractivity contribution >= 4 is 0 Å². The van der Waals surface area contributed by atoms with Gasteiger partial charge in [-0.2, -0.15) is 0 Å². The van der Waals surface area contributed by atoms with E-state index in [0.717, 1.165) is 12.5 Å². The summed E-state index contributed by atoms with van der Waals surface area (Å²) < 4.78 is 5.06. The molecule has 1 aliphatic rings. The predicted molar refractivity (Wildman–Crippen MR) is 46.7 cm³/mol. The zero-order chi connectivity index (χ0) is 7.94. The summed E-state index contributed by atoms with van der Waals surface area (Å²) in [6, 6.07) is 0. The van der Waals surface area contributed by atoms with Crippen molar-refractivity contribution < 1.29 is 4.74 Å². The lowest BCUT2D eigenvalue weighted by atomic mass is 10.0. The van der Waals surface area contributed by atoms with E-state index in [9.17, 15) is 0 Å². The maximum absolute atomic E-state index is 5.06. The Bertz CT molecular complexity index is 87.6. The SMILES string of the molecule is COCC[C@H]1CCCCNC1. The Morgan fingerprint density at radius 1 is 1.45 bits per heavy atom. The van der Waals surface area contributed by atoms with Gasteiger partial charge in [0.25, 0.3) is 0 Å². The average Bonchev–Trinajstić information content (AvgIpc) is 2.28. The molecule has 0 unspecified atom stereocenters. The van der Waals surface area contributed by atoms with Crippen LogP contribution in [0.3, 0.4) is 0 Å². The van der Waals surface area contributed by atoms with Gasteiger partial charge in [-0.25, -0.2) is 0 Å². The molecule has 1 saturated heterocycles. The van der Waals surface area contributed by atoms with Crippen molar-refractivity contribution in [3.63, 3.8) is 0 Å². The van der Waals surface area contributed by atoms with Gasteiger partial charge >= 0.3 is 0 Å². The Labute approximate surface area is 69.3 Å². The highest BCUT2D eigenvalue weighted by Gasteiger charge is 2.10. The van der Waals surface area contributed by atoms with Crippen LogP contribution < -0.4 is 5.32 Å². The van der Waals surface area contributed by atoms with Gasteiger partial charge in [0.05, 0.1) is 0 Å². The predicted octanol–water partition coefficient (Wildman–Crippen LogP) is 1.41. The molecule has 1 aliphatic heterocycles. The van der Waals surface area contributed by atoms with E-state index in [1.807, 2.05) is 0 Å². The van der Waals surface area contributed by atoms with Gasteiger partial charge in [0.1, 0.15) is 0 Å². The minimum atomic E-state index is 0.859. The van der Waals surface area contributed by atoms with Crippen LogP contribution in [0.5, 0.6) is 0 Å². The molecular weight excluding hydrogens is 138 g/mol. The number of hydrogen-bond donors (Lipinski definition) is 1. The fourth-order valence-corrected chi connectivity index (χ4v) is 1.62. The molecule has 1 fully saturated rings. The van der Waals surface area contributed by atoms with Crippen molar-refractivity contribution in [1.82, 2.24) is 5.32 Å². The summed E-state index contributed by atoms with van der Waals surface area (Å²) in [5.74, 6) is 0.859. The molecule has 0 aromatic carbocycles. The van der Waals surface area contributed by atoms with Crippen molar-refractivity contribution in [3.8, 4) is 0 Å². The Morgan fingerprint density at radius 3 is 3.18 bits per heavy atom. The van der Waals surface area contributed by atoms with E-state index in [-0.39, 0.29) is 0 Å². The van der Waals surface area contributed by atoms with E-state index in [1.54, 1.807) is 7.11 Å². The lowest BCUT2D eigenvalue weighted by Crippen LogP contribution is -2.21. The first-order valence-corrected chi connectivity index (χ1v) is 4.63. The molecule has 0 spiro atoms. The first-order chi connectivity index (χ1) is 5.43. The average molecular weight is 157 g/mol. The highest BCUT2D eigenvalue weighted by Crippen LogP contribution is 2.14. The van der Waals surface area contributed by atoms with Crippen molar-refractivity contribution in [2.24, 2.45) is 5.92 Å². The van der Waals surface area contributed by atoms with Gasteiger partial charge in [-0.15, -0.1) is 0 Å². The fraction of sp³-hybridized carbons (Fsp3) is 1.00. The molecule has 66 valence electrons. The van der Waals surface area contributed by atoms with Crippen LogP contribution in [-0.2, 0) is 4.74 Å². The summed E-state index contributed by atoms with van der Waals surface area (Å²) in [5, 5.41) is 3.45. The Morgan fingerprint density at radius 2 is 2.36 bits per heavy atom. The zero-order valence-electron chi connectivity index (χ0n) is 7.44. The normalized spacial score (nSPS) is 26.5. The minimum Gasteiger partial charge on any atom is -0.385 e. The van der Waals surface area contributed by atoms with Crippen LogP contribution in [0.2, 0.25) is 0 Å². The second kappa shape index (κ2) is 5.56. The smallest absolute Gasteiger partial charge is 0.0465 e. The van der Waals surface area contributed by atoms with Crippen molar-refractivity contribution in [1.29, 1.82) is 0 Å². The van der Waals surface area contributed by atoms with E-state index < -0.39 is 0 Å². The lowest BCUT2D eigenvalue weighted by molar-refractivity contribution is 0.175. The summed E-state index contributed by atoms with van der Waals surface area (Å²) in [7, 11) is 1.78. The van der Waals surface area contributed by atoms with Gasteiger partial charge in [-0.05, 0) is 38.3 Å². The van der Waals surface area contributed by atoms with E-state index in [4.69, 9.17) is 4.74 Å². The number of ether oxygens (including phenoxy) is 1. The molecule has 1 rings (SSSR count). The molecule has 11 heavy (non-hydrogen) atoms. The summed E-state index contributed by atoms with van der Waals surface area (Å²) in [6.07, 6.45) is 5.35. The third kappa shape index (κ3) is 3.73. The lowest BCUT2D eigenvalue weighted by Gasteiger charge is -2.12. The summed E-state index contributed by atoms with van der Waals surface area (Å²) >= 11 is 0. The number of methoxy groups -OCH3 is 1. The van der Waals surface area contributed by atoms with Gasteiger partial charge in [0.2, 0.25) is 0 Å². The number of hydrogen-bond acceptors (Lipinski definition) is 2. The molecule has 0 bridgehead atoms. The quantitative estimate of drug-likeness (QED) is 0.669. The standard InChI is InChI=1S/C9H19NO/c1-11-7-5-9-4-2-3-6-10-8-9/h9-10H,2-8H2,1H3/t9-/m1/s1. The first-order valence-electron chi connectivity index (χ1n) is 4.63. The van der Waals surface area contributed by atoms with Crippen LogP contribution >= 0.6 is 0 Å². The van der Waals surface area contributed by atoms with Gasteiger partial charge in [0, 0.05) is 13.7 Å². The molecule has 0 aliphatic carbocycles. The van der Waals surface area contributed by atoms with Crippen molar-refractivity contribution in [3.05, 3.63) is 0 Å². The van der Waals surface area contributed by atoms with Gasteiger partial charge in [0.15, 0.2) is 0 Å². The maximum atomic E-state index is 5.06. The Hall–Kier alpha value is -0.0800. The molecule has 0 aromatic rings. The van der Waals surface area contributed by atoms with E-state index in [1.165, 1.54) is 38.8 Å². The van der Waals surface area contributed by atoms with Crippen LogP contribution in [-0.4, -0.2) is 26.8 Å². The Kier molecular flexibility index (Phi) is 4.55. The highest BCUT2D eigenvalue weighted by atomic mass is 16.5. The third-order valence-electron chi connectivity index (χ3n) is 2.38. The van der Waals surface area contributed by atoms with Crippen LogP contribution in [0.15, 0.2) is 0 Å². The van der Waals surface area contributed by atoms with Gasteiger partial charge < -0.3 is 10.1 Å². The van der Waals surface area contributed by atoms with Crippen LogP contribution in [0.1, 0.15) is 25.7 Å². The Balaban J connectivity index is 2.09. The number of nitrogens with one attached hydrogen (secondary N) is 1. The summed E-state index contributed by atoms with van der Waals surface area (Å²) in [5.41, 5.74) is 0. The van der Waals surface area contributed by atoms with Crippen LogP contribution in [0, 0.1) is 5.92 Å². The van der Waals surface area contributed by atoms with E-state index in [2.05, 4.69) is 5.32 Å². The molecule has 0 amide bonds. The summed E-state index contributed by atoms with van der Waals surface area (Å²) in [4.78, 5) is 0. The third-order valence-corrected chi connectivity index (χ3v) is 2.38. The first kappa shape index (κ1) is 9.01. The second-order valence-electron chi connectivity index (χ2n) is 3.35. The van der Waals surface area contributed by atoms with Crippen LogP contribution in [0.4, 0.5) is 0 Å².